The van der Waals surface area contributed by atoms with Gasteiger partial charge in [-0.2, -0.15) is 0 Å². The topological polar surface area (TPSA) is 64.6 Å². The zero-order valence-corrected chi connectivity index (χ0v) is 15.5. The van der Waals surface area contributed by atoms with E-state index in [4.69, 9.17) is 21.1 Å². The lowest BCUT2D eigenvalue weighted by Gasteiger charge is -2.13. The number of hydrogen-bond acceptors (Lipinski definition) is 4. The fourth-order valence-corrected chi connectivity index (χ4v) is 2.35. The van der Waals surface area contributed by atoms with Gasteiger partial charge in [0.2, 0.25) is 0 Å². The van der Waals surface area contributed by atoms with Gasteiger partial charge in [-0.25, -0.2) is 4.79 Å². The molecule has 6 heteroatoms. The minimum absolute atomic E-state index is 0.371. The molecule has 0 heterocycles. The Hall–Kier alpha value is -2.79. The van der Waals surface area contributed by atoms with E-state index in [2.05, 4.69) is 5.32 Å². The van der Waals surface area contributed by atoms with Crippen molar-refractivity contribution in [2.24, 2.45) is 0 Å². The number of ether oxygens (including phenoxy) is 2. The Morgan fingerprint density at radius 3 is 2.46 bits per heavy atom. The molecule has 0 aliphatic rings. The van der Waals surface area contributed by atoms with Crippen LogP contribution in [-0.4, -0.2) is 25.1 Å². The van der Waals surface area contributed by atoms with E-state index in [1.165, 1.54) is 20.1 Å². The molecule has 1 atom stereocenters. The third kappa shape index (κ3) is 5.63. The summed E-state index contributed by atoms with van der Waals surface area (Å²) in [5, 5.41) is 3.01. The summed E-state index contributed by atoms with van der Waals surface area (Å²) in [6.07, 6.45) is 1.97. The van der Waals surface area contributed by atoms with E-state index < -0.39 is 18.0 Å². The van der Waals surface area contributed by atoms with Gasteiger partial charge >= 0.3 is 5.97 Å². The lowest BCUT2D eigenvalue weighted by atomic mass is 10.1. The molecular formula is C20H20ClNO4. The first kappa shape index (κ1) is 19.5. The van der Waals surface area contributed by atoms with Crippen LogP contribution >= 0.6 is 11.6 Å². The van der Waals surface area contributed by atoms with Crippen molar-refractivity contribution in [3.63, 3.8) is 0 Å². The van der Waals surface area contributed by atoms with E-state index >= 15 is 0 Å². The van der Waals surface area contributed by atoms with Gasteiger partial charge in [0.1, 0.15) is 5.75 Å². The Bertz CT molecular complexity index is 815. The number of rotatable bonds is 6. The summed E-state index contributed by atoms with van der Waals surface area (Å²) < 4.78 is 10.2. The second-order valence-electron chi connectivity index (χ2n) is 5.66. The maximum absolute atomic E-state index is 12.1. The van der Waals surface area contributed by atoms with Crippen LogP contribution in [0.5, 0.6) is 5.75 Å². The number of anilines is 1. The first-order valence-corrected chi connectivity index (χ1v) is 8.36. The number of carbonyl (C=O) groups excluding carboxylic acids is 2. The van der Waals surface area contributed by atoms with Gasteiger partial charge in [-0.1, -0.05) is 41.4 Å². The van der Waals surface area contributed by atoms with Crippen molar-refractivity contribution in [2.45, 2.75) is 20.0 Å². The Kier molecular flexibility index (Phi) is 6.81. The van der Waals surface area contributed by atoms with Gasteiger partial charge in [0.15, 0.2) is 6.10 Å². The molecule has 0 bridgehead atoms. The minimum Gasteiger partial charge on any atom is -0.495 e. The van der Waals surface area contributed by atoms with E-state index in [0.717, 1.165) is 11.1 Å². The van der Waals surface area contributed by atoms with Crippen molar-refractivity contribution in [1.29, 1.82) is 0 Å². The first-order valence-electron chi connectivity index (χ1n) is 7.99. The van der Waals surface area contributed by atoms with Crippen LogP contribution in [0.4, 0.5) is 5.69 Å². The van der Waals surface area contributed by atoms with E-state index in [0.29, 0.717) is 16.5 Å². The van der Waals surface area contributed by atoms with Crippen molar-refractivity contribution in [3.8, 4) is 5.75 Å². The van der Waals surface area contributed by atoms with Crippen LogP contribution in [0.25, 0.3) is 6.08 Å². The second kappa shape index (κ2) is 9.06. The lowest BCUT2D eigenvalue weighted by molar-refractivity contribution is -0.148. The second-order valence-corrected chi connectivity index (χ2v) is 6.07. The third-order valence-electron chi connectivity index (χ3n) is 3.57. The number of benzene rings is 2. The maximum Gasteiger partial charge on any atom is 0.331 e. The van der Waals surface area contributed by atoms with E-state index in [1.807, 2.05) is 31.2 Å². The Morgan fingerprint density at radius 2 is 1.85 bits per heavy atom. The molecule has 2 aromatic carbocycles. The molecule has 1 amide bonds. The quantitative estimate of drug-likeness (QED) is 0.607. The summed E-state index contributed by atoms with van der Waals surface area (Å²) >= 11 is 6.02. The standard InChI is InChI=1S/C20H20ClNO4/c1-13-4-6-15(7-5-13)8-11-19(23)26-14(2)20(24)22-16-9-10-18(25-3)17(21)12-16/h4-12,14H,1-3H3,(H,22,24)/b11-8+. The van der Waals surface area contributed by atoms with Gasteiger partial charge in [-0.15, -0.1) is 0 Å². The largest absolute Gasteiger partial charge is 0.495 e. The van der Waals surface area contributed by atoms with Gasteiger partial charge in [-0.05, 0) is 43.7 Å². The maximum atomic E-state index is 12.1. The predicted molar refractivity (Wildman–Crippen MR) is 102 cm³/mol. The Labute approximate surface area is 157 Å². The summed E-state index contributed by atoms with van der Waals surface area (Å²) in [6, 6.07) is 12.5. The molecule has 136 valence electrons. The number of aryl methyl sites for hydroxylation is 1. The summed E-state index contributed by atoms with van der Waals surface area (Å²) in [5.41, 5.74) is 2.49. The van der Waals surface area contributed by atoms with Gasteiger partial charge in [0, 0.05) is 11.8 Å². The molecule has 5 nitrogen and oxygen atoms in total. The smallest absolute Gasteiger partial charge is 0.331 e. The number of hydrogen-bond donors (Lipinski definition) is 1. The number of amides is 1. The molecule has 0 aliphatic heterocycles. The van der Waals surface area contributed by atoms with Crippen molar-refractivity contribution in [3.05, 3.63) is 64.7 Å². The van der Waals surface area contributed by atoms with Crippen molar-refractivity contribution >= 4 is 35.2 Å². The minimum atomic E-state index is -0.953. The normalized spacial score (nSPS) is 11.8. The van der Waals surface area contributed by atoms with Gasteiger partial charge in [0.05, 0.1) is 12.1 Å². The summed E-state index contributed by atoms with van der Waals surface area (Å²) in [5.74, 6) is -0.547. The lowest BCUT2D eigenvalue weighted by Crippen LogP contribution is -2.29. The van der Waals surface area contributed by atoms with E-state index in [1.54, 1.807) is 24.3 Å². The number of esters is 1. The average Bonchev–Trinajstić information content (AvgIpc) is 2.61. The zero-order valence-electron chi connectivity index (χ0n) is 14.8. The SMILES string of the molecule is COc1ccc(NC(=O)C(C)OC(=O)/C=C/c2ccc(C)cc2)cc1Cl. The molecule has 26 heavy (non-hydrogen) atoms. The molecule has 1 unspecified atom stereocenters. The Morgan fingerprint density at radius 1 is 1.15 bits per heavy atom. The molecule has 0 aliphatic carbocycles. The molecule has 0 fully saturated rings. The first-order chi connectivity index (χ1) is 12.4. The number of halogens is 1. The van der Waals surface area contributed by atoms with Crippen LogP contribution < -0.4 is 10.1 Å². The average molecular weight is 374 g/mol. The highest BCUT2D eigenvalue weighted by Crippen LogP contribution is 2.27. The van der Waals surface area contributed by atoms with Gasteiger partial charge < -0.3 is 14.8 Å². The molecule has 0 saturated heterocycles. The number of nitrogens with one attached hydrogen (secondary N) is 1. The van der Waals surface area contributed by atoms with Crippen molar-refractivity contribution in [1.82, 2.24) is 0 Å². The van der Waals surface area contributed by atoms with Crippen LogP contribution in [-0.2, 0) is 14.3 Å². The summed E-state index contributed by atoms with van der Waals surface area (Å²) in [7, 11) is 1.51. The fourth-order valence-electron chi connectivity index (χ4n) is 2.10. The van der Waals surface area contributed by atoms with Crippen LogP contribution in [0, 0.1) is 6.92 Å². The highest BCUT2D eigenvalue weighted by molar-refractivity contribution is 6.32. The van der Waals surface area contributed by atoms with Crippen molar-refractivity contribution < 1.29 is 19.1 Å². The molecule has 2 aromatic rings. The monoisotopic (exact) mass is 373 g/mol. The van der Waals surface area contributed by atoms with Crippen LogP contribution in [0.1, 0.15) is 18.1 Å². The molecule has 1 N–H and O–H groups in total. The van der Waals surface area contributed by atoms with Crippen molar-refractivity contribution in [2.75, 3.05) is 12.4 Å². The summed E-state index contributed by atoms with van der Waals surface area (Å²) in [4.78, 5) is 24.0. The van der Waals surface area contributed by atoms with Crippen LogP contribution in [0.15, 0.2) is 48.5 Å². The molecular weight excluding hydrogens is 354 g/mol. The predicted octanol–water partition coefficient (Wildman–Crippen LogP) is 4.24. The zero-order chi connectivity index (χ0) is 19.1. The van der Waals surface area contributed by atoms with E-state index in [-0.39, 0.29) is 0 Å². The molecule has 2 rings (SSSR count). The molecule has 0 spiro atoms. The molecule has 0 saturated carbocycles. The number of methoxy groups -OCH3 is 1. The Balaban J connectivity index is 1.90. The highest BCUT2D eigenvalue weighted by atomic mass is 35.5. The van der Waals surface area contributed by atoms with Crippen LogP contribution in [0.2, 0.25) is 5.02 Å². The van der Waals surface area contributed by atoms with Gasteiger partial charge in [-0.3, -0.25) is 4.79 Å². The third-order valence-corrected chi connectivity index (χ3v) is 3.87. The van der Waals surface area contributed by atoms with Gasteiger partial charge in [0.25, 0.3) is 5.91 Å². The summed E-state index contributed by atoms with van der Waals surface area (Å²) in [6.45, 7) is 3.48. The van der Waals surface area contributed by atoms with Crippen LogP contribution in [0.3, 0.4) is 0 Å². The molecule has 0 aromatic heterocycles. The van der Waals surface area contributed by atoms with E-state index in [9.17, 15) is 9.59 Å². The number of carbonyl (C=O) groups is 2. The molecule has 0 radical (unpaired) electrons. The fraction of sp³-hybridized carbons (Fsp3) is 0.200. The highest BCUT2D eigenvalue weighted by Gasteiger charge is 2.17.